The van der Waals surface area contributed by atoms with Crippen molar-refractivity contribution in [2.75, 3.05) is 5.32 Å². The molecule has 0 fully saturated rings. The highest BCUT2D eigenvalue weighted by Crippen LogP contribution is 2.35. The number of hydrogen-bond acceptors (Lipinski definition) is 5. The Morgan fingerprint density at radius 3 is 2.71 bits per heavy atom. The SMILES string of the molecule is C[C@H](Sc1nncs1)C(=O)Nc1ccccc1C(F)(F)F. The Morgan fingerprint density at radius 2 is 2.10 bits per heavy atom. The van der Waals surface area contributed by atoms with Crippen LogP contribution >= 0.6 is 23.1 Å². The monoisotopic (exact) mass is 333 g/mol. The summed E-state index contributed by atoms with van der Waals surface area (Å²) in [5, 5.41) is 9.13. The molecule has 1 aromatic carbocycles. The second-order valence-electron chi connectivity index (χ2n) is 4.00. The Labute approximate surface area is 126 Å². The van der Waals surface area contributed by atoms with Gasteiger partial charge in [0.25, 0.3) is 0 Å². The van der Waals surface area contributed by atoms with E-state index in [0.29, 0.717) is 4.34 Å². The second-order valence-corrected chi connectivity index (χ2v) is 6.42. The largest absolute Gasteiger partial charge is 0.418 e. The number of amides is 1. The van der Waals surface area contributed by atoms with Gasteiger partial charge in [-0.2, -0.15) is 13.2 Å². The van der Waals surface area contributed by atoms with Gasteiger partial charge in [-0.1, -0.05) is 35.2 Å². The minimum Gasteiger partial charge on any atom is -0.325 e. The molecule has 0 aliphatic carbocycles. The molecule has 4 nitrogen and oxygen atoms in total. The number of para-hydroxylation sites is 1. The van der Waals surface area contributed by atoms with Gasteiger partial charge in [-0.15, -0.1) is 10.2 Å². The second kappa shape index (κ2) is 6.44. The van der Waals surface area contributed by atoms with Crippen molar-refractivity contribution in [1.29, 1.82) is 0 Å². The molecule has 0 spiro atoms. The highest BCUT2D eigenvalue weighted by molar-refractivity contribution is 8.02. The van der Waals surface area contributed by atoms with Gasteiger partial charge in [0.2, 0.25) is 5.91 Å². The number of anilines is 1. The molecule has 1 N–H and O–H groups in total. The highest BCUT2D eigenvalue weighted by Gasteiger charge is 2.33. The average Bonchev–Trinajstić information content (AvgIpc) is 2.91. The van der Waals surface area contributed by atoms with Gasteiger partial charge in [-0.3, -0.25) is 4.79 Å². The van der Waals surface area contributed by atoms with Crippen LogP contribution in [0.5, 0.6) is 0 Å². The molecule has 21 heavy (non-hydrogen) atoms. The topological polar surface area (TPSA) is 54.9 Å². The Hall–Kier alpha value is -1.61. The molecule has 0 unspecified atom stereocenters. The minimum absolute atomic E-state index is 0.250. The summed E-state index contributed by atoms with van der Waals surface area (Å²) in [5.74, 6) is -0.521. The van der Waals surface area contributed by atoms with Crippen LogP contribution in [0.25, 0.3) is 0 Å². The third-order valence-corrected chi connectivity index (χ3v) is 4.39. The number of halogens is 3. The van der Waals surface area contributed by atoms with Crippen LogP contribution in [-0.4, -0.2) is 21.4 Å². The molecule has 0 radical (unpaired) electrons. The van der Waals surface area contributed by atoms with E-state index >= 15 is 0 Å². The third kappa shape index (κ3) is 4.18. The van der Waals surface area contributed by atoms with Crippen molar-refractivity contribution in [2.45, 2.75) is 22.7 Å². The highest BCUT2D eigenvalue weighted by atomic mass is 32.2. The van der Waals surface area contributed by atoms with E-state index in [1.165, 1.54) is 35.0 Å². The number of alkyl halides is 3. The molecule has 1 aromatic heterocycles. The predicted octanol–water partition coefficient (Wildman–Crippen LogP) is 3.68. The lowest BCUT2D eigenvalue weighted by molar-refractivity contribution is -0.137. The van der Waals surface area contributed by atoms with Crippen LogP contribution in [0.4, 0.5) is 18.9 Å². The molecule has 0 bridgehead atoms. The summed E-state index contributed by atoms with van der Waals surface area (Å²) in [6.45, 7) is 1.59. The Balaban J connectivity index is 2.09. The zero-order valence-electron chi connectivity index (χ0n) is 10.7. The number of hydrogen-bond donors (Lipinski definition) is 1. The quantitative estimate of drug-likeness (QED) is 0.867. The van der Waals surface area contributed by atoms with Crippen LogP contribution in [0.2, 0.25) is 0 Å². The summed E-state index contributed by atoms with van der Waals surface area (Å²) in [6, 6.07) is 4.87. The molecule has 1 heterocycles. The molecule has 1 amide bonds. The zero-order chi connectivity index (χ0) is 15.5. The van der Waals surface area contributed by atoms with Gasteiger partial charge in [-0.05, 0) is 19.1 Å². The number of nitrogens with zero attached hydrogens (tertiary/aromatic N) is 2. The summed E-state index contributed by atoms with van der Waals surface area (Å²) in [6.07, 6.45) is -4.51. The van der Waals surface area contributed by atoms with Crippen molar-refractivity contribution in [1.82, 2.24) is 10.2 Å². The van der Waals surface area contributed by atoms with Crippen molar-refractivity contribution in [3.63, 3.8) is 0 Å². The first-order chi connectivity index (χ1) is 9.88. The third-order valence-electron chi connectivity index (χ3n) is 2.48. The number of carbonyl (C=O) groups is 1. The first-order valence-corrected chi connectivity index (χ1v) is 7.54. The minimum atomic E-state index is -4.51. The van der Waals surface area contributed by atoms with E-state index < -0.39 is 22.9 Å². The summed E-state index contributed by atoms with van der Waals surface area (Å²) in [5.41, 5.74) is 0.400. The summed E-state index contributed by atoms with van der Waals surface area (Å²) < 4.78 is 39.1. The maximum absolute atomic E-state index is 12.8. The average molecular weight is 333 g/mol. The van der Waals surface area contributed by atoms with E-state index in [0.717, 1.165) is 17.8 Å². The van der Waals surface area contributed by atoms with Gasteiger partial charge in [0.1, 0.15) is 5.51 Å². The van der Waals surface area contributed by atoms with Gasteiger partial charge >= 0.3 is 6.18 Å². The summed E-state index contributed by atoms with van der Waals surface area (Å²) in [7, 11) is 0. The molecule has 112 valence electrons. The fourth-order valence-corrected chi connectivity index (χ4v) is 3.12. The van der Waals surface area contributed by atoms with Crippen molar-refractivity contribution >= 4 is 34.7 Å². The van der Waals surface area contributed by atoms with Crippen LogP contribution in [0.3, 0.4) is 0 Å². The van der Waals surface area contributed by atoms with Crippen molar-refractivity contribution in [3.8, 4) is 0 Å². The number of rotatable bonds is 4. The van der Waals surface area contributed by atoms with Gasteiger partial charge in [0.05, 0.1) is 16.5 Å². The van der Waals surface area contributed by atoms with Crippen LogP contribution in [-0.2, 0) is 11.0 Å². The molecule has 0 saturated heterocycles. The summed E-state index contributed by atoms with van der Waals surface area (Å²) >= 11 is 2.41. The normalized spacial score (nSPS) is 13.0. The molecular formula is C12H10F3N3OS2. The molecule has 1 atom stereocenters. The van der Waals surface area contributed by atoms with E-state index in [1.807, 2.05) is 0 Å². The van der Waals surface area contributed by atoms with Crippen molar-refractivity contribution < 1.29 is 18.0 Å². The van der Waals surface area contributed by atoms with Gasteiger partial charge in [0, 0.05) is 0 Å². The molecule has 2 rings (SSSR count). The Morgan fingerprint density at radius 1 is 1.38 bits per heavy atom. The standard InChI is InChI=1S/C12H10F3N3OS2/c1-7(21-11-18-16-6-20-11)10(19)17-9-5-3-2-4-8(9)12(13,14)15/h2-7H,1H3,(H,17,19)/t7-/m0/s1. The van der Waals surface area contributed by atoms with Crippen LogP contribution < -0.4 is 5.32 Å². The molecule has 2 aromatic rings. The maximum atomic E-state index is 12.8. The lowest BCUT2D eigenvalue weighted by atomic mass is 10.1. The number of benzene rings is 1. The van der Waals surface area contributed by atoms with Gasteiger partial charge in [0.15, 0.2) is 4.34 Å². The molecule has 0 saturated carbocycles. The lowest BCUT2D eigenvalue weighted by Crippen LogP contribution is -2.24. The Bertz CT molecular complexity index is 616. The van der Waals surface area contributed by atoms with Crippen LogP contribution in [0, 0.1) is 0 Å². The first kappa shape index (κ1) is 15.8. The van der Waals surface area contributed by atoms with E-state index in [9.17, 15) is 18.0 Å². The van der Waals surface area contributed by atoms with E-state index in [2.05, 4.69) is 15.5 Å². The Kier molecular flexibility index (Phi) is 4.84. The molecule has 0 aliphatic rings. The number of aromatic nitrogens is 2. The number of thioether (sulfide) groups is 1. The van der Waals surface area contributed by atoms with Crippen molar-refractivity contribution in [2.24, 2.45) is 0 Å². The molecule has 0 aliphatic heterocycles. The molecular weight excluding hydrogens is 323 g/mol. The summed E-state index contributed by atoms with van der Waals surface area (Å²) in [4.78, 5) is 12.0. The van der Waals surface area contributed by atoms with E-state index in [-0.39, 0.29) is 5.69 Å². The predicted molar refractivity (Wildman–Crippen MR) is 75.3 cm³/mol. The fraction of sp³-hybridized carbons (Fsp3) is 0.250. The number of nitrogens with one attached hydrogen (secondary N) is 1. The zero-order valence-corrected chi connectivity index (χ0v) is 12.4. The molecule has 9 heteroatoms. The fourth-order valence-electron chi connectivity index (χ4n) is 1.49. The maximum Gasteiger partial charge on any atom is 0.418 e. The van der Waals surface area contributed by atoms with Gasteiger partial charge in [-0.25, -0.2) is 0 Å². The van der Waals surface area contributed by atoms with E-state index in [4.69, 9.17) is 0 Å². The van der Waals surface area contributed by atoms with Crippen molar-refractivity contribution in [3.05, 3.63) is 35.3 Å². The van der Waals surface area contributed by atoms with E-state index in [1.54, 1.807) is 6.92 Å². The van der Waals surface area contributed by atoms with Crippen LogP contribution in [0.1, 0.15) is 12.5 Å². The van der Waals surface area contributed by atoms with Crippen LogP contribution in [0.15, 0.2) is 34.1 Å². The smallest absolute Gasteiger partial charge is 0.325 e. The number of carbonyl (C=O) groups excluding carboxylic acids is 1. The van der Waals surface area contributed by atoms with Gasteiger partial charge < -0.3 is 5.32 Å². The first-order valence-electron chi connectivity index (χ1n) is 5.78. The lowest BCUT2D eigenvalue weighted by Gasteiger charge is -2.15.